The largest absolute Gasteiger partial charge is 0.462 e. The molecule has 3 nitrogen and oxygen atoms in total. The van der Waals surface area contributed by atoms with Gasteiger partial charge in [0.25, 0.3) is 0 Å². The van der Waals surface area contributed by atoms with Gasteiger partial charge in [0.05, 0.1) is 0 Å². The normalized spacial score (nSPS) is 32.1. The summed E-state index contributed by atoms with van der Waals surface area (Å²) in [5.74, 6) is 2.31. The molecule has 5 aliphatic carbocycles. The first kappa shape index (κ1) is 60.0. The van der Waals surface area contributed by atoms with Crippen molar-refractivity contribution in [2.24, 2.45) is 56.2 Å². The maximum atomic E-state index is 13.4. The van der Waals surface area contributed by atoms with Crippen molar-refractivity contribution >= 4 is 5.97 Å². The Morgan fingerprint density at radius 3 is 1.40 bits per heavy atom. The van der Waals surface area contributed by atoms with E-state index in [9.17, 15) is 9.90 Å². The van der Waals surface area contributed by atoms with Crippen LogP contribution in [0.3, 0.4) is 0 Å². The van der Waals surface area contributed by atoms with Gasteiger partial charge >= 0.3 is 5.97 Å². The quantitative estimate of drug-likeness (QED) is 0.0387. The molecule has 1 N–H and O–H groups in total. The van der Waals surface area contributed by atoms with Gasteiger partial charge in [-0.15, -0.1) is 0 Å². The molecule has 3 heteroatoms. The number of allylic oxidation sites excluding steroid dienone is 2. The van der Waals surface area contributed by atoms with Crippen molar-refractivity contribution in [3.63, 3.8) is 0 Å². The zero-order valence-electron chi connectivity index (χ0n) is 48.8. The number of fused-ring (bicyclic) bond motifs is 7. The van der Waals surface area contributed by atoms with E-state index in [1.54, 1.807) is 5.57 Å². The monoisotopic (exact) mass is 975 g/mol. The molecule has 4 saturated carbocycles. The van der Waals surface area contributed by atoms with Crippen LogP contribution in [0, 0.1) is 56.2 Å². The molecule has 0 aromatic rings. The standard InChI is InChI=1S/C67H122O3/c1-10-11-12-13-14-15-16-17-18-19-20-21-22-23-24-25-26-27-28-29-30-31-32-33-34-35-36-37-38-39-40-41-42-43-61(69)70-60-47-48-64(7)58(63(60,5)6)46-49-65(8)59(64)45-44-56-57-53-62(3,4)50-51-67(57,54-68)55(2)52-66(56,65)9/h44,55,57-60,68H,10-43,45-54H2,1-9H3/t55-,57+,58-,59+,60+,64-,65+,66+,67-/m0/s1. The van der Waals surface area contributed by atoms with Crippen molar-refractivity contribution in [2.45, 2.75) is 345 Å². The van der Waals surface area contributed by atoms with Crippen molar-refractivity contribution < 1.29 is 14.6 Å². The van der Waals surface area contributed by atoms with Crippen LogP contribution in [-0.4, -0.2) is 23.8 Å². The second kappa shape index (κ2) is 29.5. The topological polar surface area (TPSA) is 46.5 Å². The zero-order valence-corrected chi connectivity index (χ0v) is 48.8. The van der Waals surface area contributed by atoms with Gasteiger partial charge in [0.2, 0.25) is 0 Å². The number of esters is 1. The third-order valence-corrected chi connectivity index (χ3v) is 22.3. The fourth-order valence-corrected chi connectivity index (χ4v) is 17.4. The average molecular weight is 976 g/mol. The van der Waals surface area contributed by atoms with Crippen molar-refractivity contribution in [2.75, 3.05) is 6.61 Å². The summed E-state index contributed by atoms with van der Waals surface area (Å²) in [6.07, 6.45) is 60.9. The molecule has 5 aliphatic rings. The Hall–Kier alpha value is -0.830. The molecule has 0 heterocycles. The Morgan fingerprint density at radius 1 is 0.543 bits per heavy atom. The number of carbonyl (C=O) groups excluding carboxylic acids is 1. The van der Waals surface area contributed by atoms with Gasteiger partial charge in [-0.05, 0) is 110 Å². The molecule has 0 aliphatic heterocycles. The molecule has 0 radical (unpaired) electrons. The summed E-state index contributed by atoms with van der Waals surface area (Å²) in [7, 11) is 0. The summed E-state index contributed by atoms with van der Waals surface area (Å²) in [5.41, 5.74) is 2.79. The number of carbonyl (C=O) groups is 1. The maximum absolute atomic E-state index is 13.4. The van der Waals surface area contributed by atoms with Crippen LogP contribution in [0.2, 0.25) is 0 Å². The third kappa shape index (κ3) is 15.9. The summed E-state index contributed by atoms with van der Waals surface area (Å²) < 4.78 is 6.48. The van der Waals surface area contributed by atoms with Gasteiger partial charge in [0.1, 0.15) is 6.10 Å². The molecule has 0 spiro atoms. The number of unbranched alkanes of at least 4 members (excludes halogenated alkanes) is 32. The summed E-state index contributed by atoms with van der Waals surface area (Å²) in [4.78, 5) is 13.4. The van der Waals surface area contributed by atoms with Crippen LogP contribution < -0.4 is 0 Å². The molecule has 0 aromatic heterocycles. The smallest absolute Gasteiger partial charge is 0.306 e. The minimum absolute atomic E-state index is 0.0152. The molecule has 0 amide bonds. The highest BCUT2D eigenvalue weighted by atomic mass is 16.5. The van der Waals surface area contributed by atoms with Crippen LogP contribution in [-0.2, 0) is 9.53 Å². The molecule has 9 atom stereocenters. The second-order valence-corrected chi connectivity index (χ2v) is 28.1. The lowest BCUT2D eigenvalue weighted by Crippen LogP contribution is -2.66. The van der Waals surface area contributed by atoms with Crippen LogP contribution in [0.15, 0.2) is 11.6 Å². The Kier molecular flexibility index (Phi) is 25.3. The van der Waals surface area contributed by atoms with Crippen molar-refractivity contribution in [3.8, 4) is 0 Å². The van der Waals surface area contributed by atoms with Gasteiger partial charge in [0.15, 0.2) is 0 Å². The number of ether oxygens (including phenoxy) is 1. The van der Waals surface area contributed by atoms with E-state index >= 15 is 0 Å². The average Bonchev–Trinajstić information content (AvgIpc) is 3.31. The number of aliphatic hydroxyl groups is 1. The maximum Gasteiger partial charge on any atom is 0.306 e. The number of rotatable bonds is 36. The second-order valence-electron chi connectivity index (χ2n) is 28.1. The van der Waals surface area contributed by atoms with Gasteiger partial charge in [-0.25, -0.2) is 0 Å². The lowest BCUT2D eigenvalue weighted by molar-refractivity contribution is -0.217. The van der Waals surface area contributed by atoms with E-state index in [0.29, 0.717) is 42.1 Å². The molecule has 408 valence electrons. The predicted octanol–water partition coefficient (Wildman–Crippen LogP) is 21.2. The van der Waals surface area contributed by atoms with Crippen molar-refractivity contribution in [1.29, 1.82) is 0 Å². The van der Waals surface area contributed by atoms with E-state index < -0.39 is 0 Å². The lowest BCUT2D eigenvalue weighted by atomic mass is 9.32. The first-order valence-electron chi connectivity index (χ1n) is 32.1. The Morgan fingerprint density at radius 2 is 0.971 bits per heavy atom. The highest BCUT2D eigenvalue weighted by Crippen LogP contribution is 2.76. The van der Waals surface area contributed by atoms with E-state index in [0.717, 1.165) is 19.3 Å². The minimum atomic E-state index is -0.0152. The third-order valence-electron chi connectivity index (χ3n) is 22.3. The molecule has 0 unspecified atom stereocenters. The molecular weight excluding hydrogens is 853 g/mol. The summed E-state index contributed by atoms with van der Waals surface area (Å²) >= 11 is 0. The Bertz CT molecular complexity index is 1490. The van der Waals surface area contributed by atoms with E-state index in [4.69, 9.17) is 4.74 Å². The van der Waals surface area contributed by atoms with Crippen LogP contribution in [0.1, 0.15) is 338 Å². The highest BCUT2D eigenvalue weighted by Gasteiger charge is 2.69. The molecule has 0 bridgehead atoms. The van der Waals surface area contributed by atoms with Gasteiger partial charge in [-0.3, -0.25) is 4.79 Å². The molecule has 5 rings (SSSR count). The van der Waals surface area contributed by atoms with Crippen molar-refractivity contribution in [3.05, 3.63) is 11.6 Å². The fourth-order valence-electron chi connectivity index (χ4n) is 17.4. The number of hydrogen-bond donors (Lipinski definition) is 1. The highest BCUT2D eigenvalue weighted by molar-refractivity contribution is 5.69. The van der Waals surface area contributed by atoms with E-state index in [2.05, 4.69) is 68.4 Å². The van der Waals surface area contributed by atoms with Crippen LogP contribution in [0.4, 0.5) is 0 Å². The Labute approximate surface area is 437 Å². The zero-order chi connectivity index (χ0) is 50.6. The summed E-state index contributed by atoms with van der Waals surface area (Å²) in [5, 5.41) is 11.1. The Balaban J connectivity index is 0.829. The minimum Gasteiger partial charge on any atom is -0.462 e. The van der Waals surface area contributed by atoms with Gasteiger partial charge in [0, 0.05) is 23.9 Å². The van der Waals surface area contributed by atoms with Gasteiger partial charge in [-0.1, -0.05) is 279 Å². The van der Waals surface area contributed by atoms with E-state index in [1.807, 2.05) is 0 Å². The number of aliphatic hydroxyl groups excluding tert-OH is 1. The SMILES string of the molecule is CCCCCCCCCCCCCCCCCCCCCCCCCCCCCCCCCCCC(=O)O[C@@H]1CC[C@]2(C)[C@H]3CC=C4[C@H]5CC(C)(C)CC[C@]5(CO)[C@@H](C)C[C@@]4(C)[C@]3(C)CC[C@H]2C1(C)C. The summed E-state index contributed by atoms with van der Waals surface area (Å²) in [6.45, 7) is 23.0. The van der Waals surface area contributed by atoms with Gasteiger partial charge < -0.3 is 9.84 Å². The predicted molar refractivity (Wildman–Crippen MR) is 303 cm³/mol. The first-order valence-corrected chi connectivity index (χ1v) is 32.1. The molecular formula is C67H122O3. The van der Waals surface area contributed by atoms with E-state index in [-0.39, 0.29) is 39.1 Å². The van der Waals surface area contributed by atoms with Crippen LogP contribution >= 0.6 is 0 Å². The molecule has 0 aromatic carbocycles. The first-order chi connectivity index (χ1) is 33.6. The lowest BCUT2D eigenvalue weighted by Gasteiger charge is -2.72. The van der Waals surface area contributed by atoms with Crippen LogP contribution in [0.5, 0.6) is 0 Å². The summed E-state index contributed by atoms with van der Waals surface area (Å²) in [6, 6.07) is 0. The van der Waals surface area contributed by atoms with Gasteiger partial charge in [-0.2, -0.15) is 0 Å². The molecule has 0 saturated heterocycles. The molecule has 70 heavy (non-hydrogen) atoms. The van der Waals surface area contributed by atoms with Crippen LogP contribution in [0.25, 0.3) is 0 Å². The molecule has 4 fully saturated rings. The van der Waals surface area contributed by atoms with E-state index in [1.165, 1.54) is 250 Å². The fraction of sp³-hybridized carbons (Fsp3) is 0.955. The van der Waals surface area contributed by atoms with Crippen molar-refractivity contribution in [1.82, 2.24) is 0 Å². The number of hydrogen-bond acceptors (Lipinski definition) is 3.